The third-order valence-electron chi connectivity index (χ3n) is 2.02. The molecule has 0 fully saturated rings. The summed E-state index contributed by atoms with van der Waals surface area (Å²) in [5, 5.41) is 0.273. The van der Waals surface area contributed by atoms with Gasteiger partial charge < -0.3 is 0 Å². The molecular weight excluding hydrogens is 291 g/mol. The molecule has 1 heterocycles. The van der Waals surface area contributed by atoms with E-state index in [1.165, 1.54) is 24.3 Å². The molecule has 19 heavy (non-hydrogen) atoms. The predicted molar refractivity (Wildman–Crippen MR) is 53.8 cm³/mol. The summed E-state index contributed by atoms with van der Waals surface area (Å²) in [6.45, 7) is 0. The van der Waals surface area contributed by atoms with Crippen LogP contribution in [0.1, 0.15) is 20.7 Å². The topological polar surface area (TPSA) is 65.1 Å². The standard InChI is InChI=1S/C9H4F3NO5S/c10-9(11,12)16-18-19-17-13-7(14)5-3-1-2-4-6(5)8(13)15/h1-4H. The van der Waals surface area contributed by atoms with Gasteiger partial charge in [-0.05, 0) is 12.1 Å². The molecule has 102 valence electrons. The van der Waals surface area contributed by atoms with Gasteiger partial charge in [-0.25, -0.2) is 0 Å². The third-order valence-corrected chi connectivity index (χ3v) is 2.35. The Labute approximate surface area is 108 Å². The number of halogens is 3. The second kappa shape index (κ2) is 5.17. The molecule has 0 atom stereocenters. The molecule has 0 bridgehead atoms. The molecule has 0 N–H and O–H groups in total. The Morgan fingerprint density at radius 1 is 1.05 bits per heavy atom. The minimum absolute atomic E-state index is 0.0878. The van der Waals surface area contributed by atoms with E-state index in [4.69, 9.17) is 0 Å². The number of alkyl halides is 3. The van der Waals surface area contributed by atoms with E-state index < -0.39 is 18.2 Å². The van der Waals surface area contributed by atoms with E-state index in [0.29, 0.717) is 0 Å². The van der Waals surface area contributed by atoms with Gasteiger partial charge in [-0.1, -0.05) is 12.1 Å². The van der Waals surface area contributed by atoms with Crippen molar-refractivity contribution in [3.8, 4) is 0 Å². The Bertz CT molecular complexity index is 486. The number of hydrogen-bond donors (Lipinski definition) is 0. The van der Waals surface area contributed by atoms with Gasteiger partial charge >= 0.3 is 6.36 Å². The molecule has 10 heteroatoms. The van der Waals surface area contributed by atoms with Crippen molar-refractivity contribution in [3.05, 3.63) is 35.4 Å². The highest BCUT2D eigenvalue weighted by atomic mass is 32.2. The molecular formula is C9H4F3NO5S. The van der Waals surface area contributed by atoms with Crippen molar-refractivity contribution in [2.24, 2.45) is 0 Å². The zero-order valence-corrected chi connectivity index (χ0v) is 9.66. The minimum Gasteiger partial charge on any atom is -0.266 e. The number of amides is 2. The number of carbonyl (C=O) groups is 2. The highest BCUT2D eigenvalue weighted by molar-refractivity contribution is 7.89. The number of imide groups is 1. The van der Waals surface area contributed by atoms with Crippen LogP contribution in [0.25, 0.3) is 0 Å². The molecule has 1 aliphatic heterocycles. The van der Waals surface area contributed by atoms with Crippen LogP contribution in [-0.4, -0.2) is 23.2 Å². The Hall–Kier alpha value is -1.62. The van der Waals surface area contributed by atoms with Crippen LogP contribution in [0, 0.1) is 0 Å². The average molecular weight is 295 g/mol. The summed E-state index contributed by atoms with van der Waals surface area (Å²) in [6, 6.07) is 5.83. The molecule has 0 saturated heterocycles. The van der Waals surface area contributed by atoms with Crippen molar-refractivity contribution in [2.45, 2.75) is 6.36 Å². The van der Waals surface area contributed by atoms with E-state index in [9.17, 15) is 22.8 Å². The normalized spacial score (nSPS) is 15.0. The van der Waals surface area contributed by atoms with Crippen LogP contribution in [0.4, 0.5) is 13.2 Å². The number of hydroxylamine groups is 2. The molecule has 1 aliphatic rings. The van der Waals surface area contributed by atoms with Crippen molar-refractivity contribution >= 4 is 24.1 Å². The minimum atomic E-state index is -5.02. The van der Waals surface area contributed by atoms with Gasteiger partial charge in [-0.2, -0.15) is 4.28 Å². The molecule has 2 amide bonds. The van der Waals surface area contributed by atoms with Gasteiger partial charge in [0.25, 0.3) is 11.8 Å². The fourth-order valence-electron chi connectivity index (χ4n) is 1.33. The lowest BCUT2D eigenvalue weighted by molar-refractivity contribution is -0.442. The Morgan fingerprint density at radius 3 is 2.05 bits per heavy atom. The van der Waals surface area contributed by atoms with Crippen LogP contribution in [0.15, 0.2) is 24.3 Å². The largest absolute Gasteiger partial charge is 0.550 e. The average Bonchev–Trinajstić information content (AvgIpc) is 2.58. The molecule has 1 aromatic rings. The SMILES string of the molecule is O=C1c2ccccc2C(=O)N1OSOOC(F)(F)F. The maximum Gasteiger partial charge on any atom is 0.550 e. The molecule has 0 spiro atoms. The van der Waals surface area contributed by atoms with Crippen LogP contribution in [0.3, 0.4) is 0 Å². The molecule has 0 aromatic heterocycles. The summed E-state index contributed by atoms with van der Waals surface area (Å²) in [5.74, 6) is -1.60. The summed E-state index contributed by atoms with van der Waals surface area (Å²) < 4.78 is 42.7. The van der Waals surface area contributed by atoms with Crippen LogP contribution in [0.5, 0.6) is 0 Å². The fourth-order valence-corrected chi connectivity index (χ4v) is 1.66. The zero-order valence-electron chi connectivity index (χ0n) is 8.84. The Balaban J connectivity index is 1.94. The number of carbonyl (C=O) groups excluding carboxylic acids is 2. The Kier molecular flexibility index (Phi) is 3.75. The summed E-state index contributed by atoms with van der Waals surface area (Å²) in [5.41, 5.74) is 0.176. The number of rotatable bonds is 4. The fraction of sp³-hybridized carbons (Fsp3) is 0.111. The van der Waals surface area contributed by atoms with Gasteiger partial charge in [0.1, 0.15) is 0 Å². The van der Waals surface area contributed by atoms with Crippen LogP contribution in [0.2, 0.25) is 0 Å². The first-order chi connectivity index (χ1) is 8.90. The van der Waals surface area contributed by atoms with E-state index in [-0.39, 0.29) is 28.5 Å². The van der Waals surface area contributed by atoms with Crippen LogP contribution in [-0.2, 0) is 13.5 Å². The van der Waals surface area contributed by atoms with Crippen LogP contribution >= 0.6 is 12.3 Å². The summed E-state index contributed by atoms with van der Waals surface area (Å²) in [4.78, 5) is 26.2. The third kappa shape index (κ3) is 3.04. The highest BCUT2D eigenvalue weighted by Gasteiger charge is 2.38. The van der Waals surface area contributed by atoms with E-state index >= 15 is 0 Å². The molecule has 0 radical (unpaired) electrons. The first kappa shape index (κ1) is 13.8. The Morgan fingerprint density at radius 2 is 1.58 bits per heavy atom. The van der Waals surface area contributed by atoms with Crippen molar-refractivity contribution in [1.29, 1.82) is 0 Å². The number of fused-ring (bicyclic) bond motifs is 1. The predicted octanol–water partition coefficient (Wildman–Crippen LogP) is 2.25. The van der Waals surface area contributed by atoms with Crippen molar-refractivity contribution in [2.75, 3.05) is 0 Å². The van der Waals surface area contributed by atoms with Crippen LogP contribution < -0.4 is 0 Å². The number of hydrogen-bond acceptors (Lipinski definition) is 6. The molecule has 2 rings (SSSR count). The second-order valence-electron chi connectivity index (χ2n) is 3.19. The zero-order chi connectivity index (χ0) is 14.0. The molecule has 0 aliphatic carbocycles. The monoisotopic (exact) mass is 295 g/mol. The number of benzene rings is 1. The first-order valence-electron chi connectivity index (χ1n) is 4.64. The van der Waals surface area contributed by atoms with E-state index in [1.54, 1.807) is 0 Å². The van der Waals surface area contributed by atoms with Crippen molar-refractivity contribution in [3.63, 3.8) is 0 Å². The first-order valence-corrected chi connectivity index (χ1v) is 5.30. The lowest BCUT2D eigenvalue weighted by atomic mass is 10.1. The molecule has 0 unspecified atom stereocenters. The van der Waals surface area contributed by atoms with Gasteiger partial charge in [0.15, 0.2) is 0 Å². The lowest BCUT2D eigenvalue weighted by Crippen LogP contribution is -2.27. The molecule has 0 saturated carbocycles. The summed E-state index contributed by atoms with van der Waals surface area (Å²) >= 11 is -0.302. The van der Waals surface area contributed by atoms with E-state index in [0.717, 1.165) is 0 Å². The van der Waals surface area contributed by atoms with E-state index in [1.807, 2.05) is 0 Å². The maximum atomic E-state index is 11.6. The number of nitrogens with zero attached hydrogens (tertiary/aromatic N) is 1. The summed E-state index contributed by atoms with van der Waals surface area (Å²) in [6.07, 6.45) is -5.02. The maximum absolute atomic E-state index is 11.6. The van der Waals surface area contributed by atoms with Gasteiger partial charge in [0, 0.05) is 0 Å². The van der Waals surface area contributed by atoms with Gasteiger partial charge in [0.05, 0.1) is 11.1 Å². The smallest absolute Gasteiger partial charge is 0.266 e. The van der Waals surface area contributed by atoms with E-state index in [2.05, 4.69) is 13.5 Å². The second-order valence-corrected chi connectivity index (χ2v) is 3.61. The van der Waals surface area contributed by atoms with Gasteiger partial charge in [-0.3, -0.25) is 9.59 Å². The van der Waals surface area contributed by atoms with Crippen molar-refractivity contribution < 1.29 is 36.3 Å². The van der Waals surface area contributed by atoms with Crippen molar-refractivity contribution in [1.82, 2.24) is 5.06 Å². The lowest BCUT2D eigenvalue weighted by Gasteiger charge is -2.10. The summed E-state index contributed by atoms with van der Waals surface area (Å²) in [7, 11) is 0. The van der Waals surface area contributed by atoms with Gasteiger partial charge in [-0.15, -0.1) is 27.5 Å². The quantitative estimate of drug-likeness (QED) is 0.279. The van der Waals surface area contributed by atoms with Gasteiger partial charge in [0.2, 0.25) is 12.3 Å². The molecule has 6 nitrogen and oxygen atoms in total. The molecule has 1 aromatic carbocycles. The highest BCUT2D eigenvalue weighted by Crippen LogP contribution is 2.26.